The maximum Gasteiger partial charge on any atom is 0.265 e. The minimum atomic E-state index is -4.08. The van der Waals surface area contributed by atoms with Crippen molar-refractivity contribution in [1.29, 1.82) is 0 Å². The number of aliphatic hydroxyl groups is 4. The molecular formula is C20H24O9S. The fourth-order valence-corrected chi connectivity index (χ4v) is 3.73. The predicted molar refractivity (Wildman–Crippen MR) is 106 cm³/mol. The number of para-hydroxylation sites is 1. The Hall–Kier alpha value is -2.05. The van der Waals surface area contributed by atoms with Gasteiger partial charge in [-0.15, -0.1) is 0 Å². The third-order valence-electron chi connectivity index (χ3n) is 4.87. The highest BCUT2D eigenvalue weighted by molar-refractivity contribution is 7.85. The van der Waals surface area contributed by atoms with Crippen molar-refractivity contribution in [2.45, 2.75) is 37.1 Å². The van der Waals surface area contributed by atoms with Crippen LogP contribution in [0.25, 0.3) is 11.1 Å². The molecule has 0 radical (unpaired) electrons. The summed E-state index contributed by atoms with van der Waals surface area (Å²) >= 11 is 0. The first kappa shape index (κ1) is 22.6. The SMILES string of the molecule is O=S(=O)(O)CCc1cccc(-c2ccccc2O[C@H]2O[C@H](CO)[C@@H](O)[C@@H](O)[C@@H]2O)c1. The Morgan fingerprint density at radius 2 is 1.70 bits per heavy atom. The molecule has 5 atom stereocenters. The first-order valence-corrected chi connectivity index (χ1v) is 10.9. The molecule has 1 heterocycles. The molecule has 10 heteroatoms. The van der Waals surface area contributed by atoms with Gasteiger partial charge in [0.25, 0.3) is 10.1 Å². The lowest BCUT2D eigenvalue weighted by Crippen LogP contribution is -2.60. The van der Waals surface area contributed by atoms with Crippen molar-refractivity contribution in [3.8, 4) is 16.9 Å². The molecule has 0 unspecified atom stereocenters. The number of hydrogen-bond donors (Lipinski definition) is 5. The Bertz CT molecular complexity index is 960. The van der Waals surface area contributed by atoms with Crippen molar-refractivity contribution in [1.82, 2.24) is 0 Å². The van der Waals surface area contributed by atoms with E-state index in [1.807, 2.05) is 0 Å². The maximum atomic E-state index is 11.0. The zero-order valence-electron chi connectivity index (χ0n) is 15.9. The molecule has 0 amide bonds. The van der Waals surface area contributed by atoms with E-state index in [9.17, 15) is 28.8 Å². The number of aryl methyl sites for hydroxylation is 1. The van der Waals surface area contributed by atoms with Crippen LogP contribution in [0.4, 0.5) is 0 Å². The number of ether oxygens (including phenoxy) is 2. The molecule has 1 saturated heterocycles. The summed E-state index contributed by atoms with van der Waals surface area (Å²) in [5, 5.41) is 39.4. The van der Waals surface area contributed by atoms with Gasteiger partial charge in [-0.2, -0.15) is 8.42 Å². The second-order valence-corrected chi connectivity index (χ2v) is 8.62. The van der Waals surface area contributed by atoms with Crippen molar-refractivity contribution in [2.75, 3.05) is 12.4 Å². The monoisotopic (exact) mass is 440 g/mol. The van der Waals surface area contributed by atoms with Crippen LogP contribution in [0.15, 0.2) is 48.5 Å². The second-order valence-electron chi connectivity index (χ2n) is 7.05. The quantitative estimate of drug-likeness (QED) is 0.373. The summed E-state index contributed by atoms with van der Waals surface area (Å²) in [6, 6.07) is 13.8. The molecule has 0 saturated carbocycles. The van der Waals surface area contributed by atoms with Gasteiger partial charge in [-0.25, -0.2) is 0 Å². The van der Waals surface area contributed by atoms with Gasteiger partial charge in [-0.1, -0.05) is 42.5 Å². The molecule has 5 N–H and O–H groups in total. The van der Waals surface area contributed by atoms with Gasteiger partial charge in [0.15, 0.2) is 0 Å². The molecule has 3 rings (SSSR count). The van der Waals surface area contributed by atoms with E-state index < -0.39 is 53.2 Å². The normalized spacial score (nSPS) is 27.0. The van der Waals surface area contributed by atoms with Crippen molar-refractivity contribution in [2.24, 2.45) is 0 Å². The molecule has 0 aliphatic carbocycles. The average molecular weight is 440 g/mol. The number of aliphatic hydroxyl groups excluding tert-OH is 4. The average Bonchev–Trinajstić information content (AvgIpc) is 2.73. The molecule has 2 aromatic rings. The van der Waals surface area contributed by atoms with E-state index in [2.05, 4.69) is 0 Å². The largest absolute Gasteiger partial charge is 0.461 e. The Morgan fingerprint density at radius 1 is 0.967 bits per heavy atom. The lowest BCUT2D eigenvalue weighted by atomic mass is 9.99. The van der Waals surface area contributed by atoms with Crippen molar-refractivity contribution < 1.29 is 42.9 Å². The summed E-state index contributed by atoms with van der Waals surface area (Å²) in [6.07, 6.45) is -6.88. The Labute approximate surface area is 173 Å². The highest BCUT2D eigenvalue weighted by Gasteiger charge is 2.44. The maximum absolute atomic E-state index is 11.0. The smallest absolute Gasteiger partial charge is 0.265 e. The van der Waals surface area contributed by atoms with Crippen LogP contribution in [0.1, 0.15) is 5.56 Å². The van der Waals surface area contributed by atoms with Crippen LogP contribution in [0.3, 0.4) is 0 Å². The summed E-state index contributed by atoms with van der Waals surface area (Å²) in [4.78, 5) is 0. The van der Waals surface area contributed by atoms with E-state index in [1.54, 1.807) is 48.5 Å². The second kappa shape index (κ2) is 9.40. The molecular weight excluding hydrogens is 416 g/mol. The molecule has 1 aliphatic heterocycles. The van der Waals surface area contributed by atoms with Gasteiger partial charge in [-0.05, 0) is 23.6 Å². The summed E-state index contributed by atoms with van der Waals surface area (Å²) in [6.45, 7) is -0.567. The van der Waals surface area contributed by atoms with Gasteiger partial charge in [0.2, 0.25) is 6.29 Å². The first-order valence-electron chi connectivity index (χ1n) is 9.30. The summed E-state index contributed by atoms with van der Waals surface area (Å²) < 4.78 is 42.1. The van der Waals surface area contributed by atoms with Crippen molar-refractivity contribution >= 4 is 10.1 Å². The molecule has 2 aromatic carbocycles. The van der Waals surface area contributed by atoms with E-state index in [0.717, 1.165) is 0 Å². The number of rotatable bonds is 7. The Morgan fingerprint density at radius 3 is 2.40 bits per heavy atom. The Kier molecular flexibility index (Phi) is 7.09. The Balaban J connectivity index is 1.85. The third-order valence-corrected chi connectivity index (χ3v) is 5.59. The highest BCUT2D eigenvalue weighted by Crippen LogP contribution is 2.33. The van der Waals surface area contributed by atoms with Crippen LogP contribution in [-0.2, 0) is 21.3 Å². The topological polar surface area (TPSA) is 154 Å². The standard InChI is InChI=1S/C20H24O9S/c21-11-16-17(22)18(23)19(24)20(29-16)28-15-7-2-1-6-14(15)13-5-3-4-12(10-13)8-9-30(25,26)27/h1-7,10,16-24H,8-9,11H2,(H,25,26,27)/t16-,17-,18-,19+,20+/m1/s1. The highest BCUT2D eigenvalue weighted by atomic mass is 32.2. The van der Waals surface area contributed by atoms with Crippen LogP contribution < -0.4 is 4.74 Å². The van der Waals surface area contributed by atoms with Gasteiger partial charge in [0.1, 0.15) is 30.2 Å². The minimum absolute atomic E-state index is 0.127. The lowest BCUT2D eigenvalue weighted by molar-refractivity contribution is -0.277. The van der Waals surface area contributed by atoms with E-state index in [0.29, 0.717) is 22.4 Å². The predicted octanol–water partition coefficient (Wildman–Crippen LogP) is -0.0374. The van der Waals surface area contributed by atoms with Gasteiger partial charge in [0, 0.05) is 5.56 Å². The van der Waals surface area contributed by atoms with Crippen LogP contribution >= 0.6 is 0 Å². The summed E-state index contributed by atoms with van der Waals surface area (Å²) in [5.74, 6) is -0.0896. The molecule has 30 heavy (non-hydrogen) atoms. The first-order chi connectivity index (χ1) is 14.2. The van der Waals surface area contributed by atoms with E-state index in [-0.39, 0.29) is 6.42 Å². The zero-order valence-corrected chi connectivity index (χ0v) is 16.7. The molecule has 0 bridgehead atoms. The zero-order chi connectivity index (χ0) is 21.9. The molecule has 1 fully saturated rings. The van der Waals surface area contributed by atoms with Crippen LogP contribution in [0.2, 0.25) is 0 Å². The van der Waals surface area contributed by atoms with Gasteiger partial charge in [0.05, 0.1) is 12.4 Å². The van der Waals surface area contributed by atoms with Crippen molar-refractivity contribution in [3.63, 3.8) is 0 Å². The van der Waals surface area contributed by atoms with E-state index in [1.165, 1.54) is 0 Å². The fourth-order valence-electron chi connectivity index (χ4n) is 3.24. The van der Waals surface area contributed by atoms with Crippen LogP contribution in [0.5, 0.6) is 5.75 Å². The summed E-state index contributed by atoms with van der Waals surface area (Å²) in [5.41, 5.74) is 2.00. The van der Waals surface area contributed by atoms with Crippen LogP contribution in [-0.4, -0.2) is 76.5 Å². The van der Waals surface area contributed by atoms with Gasteiger partial charge in [-0.3, -0.25) is 4.55 Å². The van der Waals surface area contributed by atoms with Crippen LogP contribution in [0, 0.1) is 0 Å². The van der Waals surface area contributed by atoms with Gasteiger partial charge >= 0.3 is 0 Å². The minimum Gasteiger partial charge on any atom is -0.461 e. The summed E-state index contributed by atoms with van der Waals surface area (Å²) in [7, 11) is -4.08. The number of hydrogen-bond acceptors (Lipinski definition) is 8. The number of benzene rings is 2. The molecule has 1 aliphatic rings. The van der Waals surface area contributed by atoms with E-state index in [4.69, 9.17) is 14.0 Å². The van der Waals surface area contributed by atoms with Gasteiger partial charge < -0.3 is 29.9 Å². The third kappa shape index (κ3) is 5.35. The van der Waals surface area contributed by atoms with Crippen molar-refractivity contribution in [3.05, 3.63) is 54.1 Å². The lowest BCUT2D eigenvalue weighted by Gasteiger charge is -2.39. The molecule has 0 aromatic heterocycles. The fraction of sp³-hybridized carbons (Fsp3) is 0.400. The molecule has 0 spiro atoms. The van der Waals surface area contributed by atoms with E-state index >= 15 is 0 Å². The molecule has 164 valence electrons. The molecule has 9 nitrogen and oxygen atoms in total.